The molecular weight excluding hydrogens is 240 g/mol. The molecule has 0 fully saturated rings. The Morgan fingerprint density at radius 1 is 1.26 bits per heavy atom. The van der Waals surface area contributed by atoms with Gasteiger partial charge >= 0.3 is 5.97 Å². The van der Waals surface area contributed by atoms with Crippen molar-refractivity contribution >= 4 is 11.7 Å². The fraction of sp³-hybridized carbons (Fsp3) is 0.200. The molecule has 4 heteroatoms. The van der Waals surface area contributed by atoms with E-state index in [0.29, 0.717) is 11.3 Å². The molecule has 0 bridgehead atoms. The first-order valence-corrected chi connectivity index (χ1v) is 6.02. The minimum Gasteiger partial charge on any atom is -0.456 e. The van der Waals surface area contributed by atoms with Gasteiger partial charge in [0.1, 0.15) is 6.61 Å². The molecule has 0 aliphatic carbocycles. The van der Waals surface area contributed by atoms with Gasteiger partial charge in [0.15, 0.2) is 0 Å². The van der Waals surface area contributed by atoms with E-state index in [1.54, 1.807) is 18.2 Å². The van der Waals surface area contributed by atoms with E-state index in [4.69, 9.17) is 10.5 Å². The molecule has 98 valence electrons. The minimum absolute atomic E-state index is 0.171. The van der Waals surface area contributed by atoms with Crippen LogP contribution in [0.25, 0.3) is 0 Å². The van der Waals surface area contributed by atoms with Crippen LogP contribution < -0.4 is 5.73 Å². The molecule has 0 unspecified atom stereocenters. The second-order valence-electron chi connectivity index (χ2n) is 4.42. The van der Waals surface area contributed by atoms with Gasteiger partial charge in [0.25, 0.3) is 0 Å². The van der Waals surface area contributed by atoms with Crippen LogP contribution in [0, 0.1) is 13.8 Å². The van der Waals surface area contributed by atoms with Crippen molar-refractivity contribution in [2.75, 3.05) is 5.73 Å². The van der Waals surface area contributed by atoms with E-state index in [9.17, 15) is 4.79 Å². The van der Waals surface area contributed by atoms with Gasteiger partial charge < -0.3 is 10.5 Å². The number of benzene rings is 1. The Balaban J connectivity index is 2.03. The van der Waals surface area contributed by atoms with E-state index in [1.807, 2.05) is 32.0 Å². The largest absolute Gasteiger partial charge is 0.456 e. The summed E-state index contributed by atoms with van der Waals surface area (Å²) in [6.45, 7) is 3.92. The van der Waals surface area contributed by atoms with Crippen molar-refractivity contribution in [3.63, 3.8) is 0 Å². The number of nitrogen functional groups attached to an aromatic ring is 1. The molecule has 0 aliphatic rings. The highest BCUT2D eigenvalue weighted by Crippen LogP contribution is 2.14. The van der Waals surface area contributed by atoms with E-state index in [-0.39, 0.29) is 12.6 Å². The number of esters is 1. The standard InChI is InChI=1S/C15H16N2O2/c1-10-8-12(6-7-14(10)16)15(18)19-9-13-5-3-4-11(2)17-13/h3-8H,9,16H2,1-2H3. The third-order valence-electron chi connectivity index (χ3n) is 2.80. The monoisotopic (exact) mass is 256 g/mol. The van der Waals surface area contributed by atoms with Gasteiger partial charge in [-0.3, -0.25) is 4.98 Å². The van der Waals surface area contributed by atoms with Crippen LogP contribution in [0.3, 0.4) is 0 Å². The van der Waals surface area contributed by atoms with Crippen LogP contribution in [0.15, 0.2) is 36.4 Å². The van der Waals surface area contributed by atoms with Crippen LogP contribution in [0.4, 0.5) is 5.69 Å². The fourth-order valence-electron chi connectivity index (χ4n) is 1.71. The molecule has 1 heterocycles. The molecule has 19 heavy (non-hydrogen) atoms. The topological polar surface area (TPSA) is 65.2 Å². The van der Waals surface area contributed by atoms with Gasteiger partial charge in [0.2, 0.25) is 0 Å². The number of pyridine rings is 1. The van der Waals surface area contributed by atoms with Gasteiger partial charge in [-0.1, -0.05) is 6.07 Å². The Labute approximate surface area is 112 Å². The van der Waals surface area contributed by atoms with Crippen molar-refractivity contribution in [2.24, 2.45) is 0 Å². The van der Waals surface area contributed by atoms with Crippen molar-refractivity contribution in [3.8, 4) is 0 Å². The maximum Gasteiger partial charge on any atom is 0.338 e. The highest BCUT2D eigenvalue weighted by atomic mass is 16.5. The van der Waals surface area contributed by atoms with E-state index in [1.165, 1.54) is 0 Å². The predicted octanol–water partition coefficient (Wildman–Crippen LogP) is 2.64. The molecule has 0 saturated carbocycles. The first kappa shape index (κ1) is 13.1. The second kappa shape index (κ2) is 5.52. The van der Waals surface area contributed by atoms with Crippen molar-refractivity contribution in [2.45, 2.75) is 20.5 Å². The lowest BCUT2D eigenvalue weighted by Crippen LogP contribution is -2.07. The average molecular weight is 256 g/mol. The number of hydrogen-bond acceptors (Lipinski definition) is 4. The molecule has 0 saturated heterocycles. The summed E-state index contributed by atoms with van der Waals surface area (Å²) in [5, 5.41) is 0. The summed E-state index contributed by atoms with van der Waals surface area (Å²) < 4.78 is 5.22. The summed E-state index contributed by atoms with van der Waals surface area (Å²) in [5.74, 6) is -0.369. The van der Waals surface area contributed by atoms with Crippen molar-refractivity contribution in [1.82, 2.24) is 4.98 Å². The Bertz CT molecular complexity index is 609. The van der Waals surface area contributed by atoms with Crippen LogP contribution >= 0.6 is 0 Å². The summed E-state index contributed by atoms with van der Waals surface area (Å²) in [5.41, 5.74) is 9.37. The number of rotatable bonds is 3. The molecule has 4 nitrogen and oxygen atoms in total. The summed E-state index contributed by atoms with van der Waals surface area (Å²) in [7, 11) is 0. The number of aryl methyl sites for hydroxylation is 2. The Morgan fingerprint density at radius 3 is 2.74 bits per heavy atom. The first-order chi connectivity index (χ1) is 9.06. The fourth-order valence-corrected chi connectivity index (χ4v) is 1.71. The summed E-state index contributed by atoms with van der Waals surface area (Å²) >= 11 is 0. The lowest BCUT2D eigenvalue weighted by Gasteiger charge is -2.06. The van der Waals surface area contributed by atoms with Gasteiger partial charge in [0, 0.05) is 11.4 Å². The molecule has 0 amide bonds. The van der Waals surface area contributed by atoms with Crippen LogP contribution in [-0.2, 0) is 11.3 Å². The predicted molar refractivity (Wildman–Crippen MR) is 73.7 cm³/mol. The molecule has 0 aliphatic heterocycles. The molecular formula is C15H16N2O2. The summed E-state index contributed by atoms with van der Waals surface area (Å²) in [4.78, 5) is 16.1. The number of carbonyl (C=O) groups is 1. The quantitative estimate of drug-likeness (QED) is 0.677. The lowest BCUT2D eigenvalue weighted by molar-refractivity contribution is 0.0467. The molecule has 0 atom stereocenters. The van der Waals surface area contributed by atoms with Crippen LogP contribution in [0.2, 0.25) is 0 Å². The highest BCUT2D eigenvalue weighted by molar-refractivity contribution is 5.90. The SMILES string of the molecule is Cc1cccc(COC(=O)c2ccc(N)c(C)c2)n1. The zero-order chi connectivity index (χ0) is 13.8. The van der Waals surface area contributed by atoms with Crippen LogP contribution in [-0.4, -0.2) is 11.0 Å². The van der Waals surface area contributed by atoms with Crippen molar-refractivity contribution < 1.29 is 9.53 Å². The average Bonchev–Trinajstić information content (AvgIpc) is 2.39. The molecule has 2 rings (SSSR count). The first-order valence-electron chi connectivity index (χ1n) is 6.02. The van der Waals surface area contributed by atoms with Crippen molar-refractivity contribution in [3.05, 3.63) is 58.9 Å². The van der Waals surface area contributed by atoms with E-state index < -0.39 is 0 Å². The molecule has 0 radical (unpaired) electrons. The third kappa shape index (κ3) is 3.31. The number of anilines is 1. The highest BCUT2D eigenvalue weighted by Gasteiger charge is 2.09. The Kier molecular flexibility index (Phi) is 3.80. The van der Waals surface area contributed by atoms with E-state index >= 15 is 0 Å². The van der Waals surface area contributed by atoms with Crippen LogP contribution in [0.5, 0.6) is 0 Å². The van der Waals surface area contributed by atoms with Gasteiger partial charge in [-0.2, -0.15) is 0 Å². The van der Waals surface area contributed by atoms with Gasteiger partial charge in [-0.25, -0.2) is 4.79 Å². The summed E-state index contributed by atoms with van der Waals surface area (Å²) in [6.07, 6.45) is 0. The molecule has 1 aromatic carbocycles. The number of ether oxygens (including phenoxy) is 1. The smallest absolute Gasteiger partial charge is 0.338 e. The molecule has 1 aromatic heterocycles. The van der Waals surface area contributed by atoms with Gasteiger partial charge in [-0.05, 0) is 49.7 Å². The zero-order valence-corrected chi connectivity index (χ0v) is 11.0. The maximum absolute atomic E-state index is 11.9. The molecule has 0 spiro atoms. The second-order valence-corrected chi connectivity index (χ2v) is 4.42. The van der Waals surface area contributed by atoms with Gasteiger partial charge in [0.05, 0.1) is 11.3 Å². The maximum atomic E-state index is 11.9. The Morgan fingerprint density at radius 2 is 2.05 bits per heavy atom. The molecule has 2 N–H and O–H groups in total. The minimum atomic E-state index is -0.369. The van der Waals surface area contributed by atoms with Crippen molar-refractivity contribution in [1.29, 1.82) is 0 Å². The number of hydrogen-bond donors (Lipinski definition) is 1. The summed E-state index contributed by atoms with van der Waals surface area (Å²) in [6, 6.07) is 10.7. The normalized spacial score (nSPS) is 10.2. The van der Waals surface area contributed by atoms with E-state index in [0.717, 1.165) is 17.0 Å². The van der Waals surface area contributed by atoms with Gasteiger partial charge in [-0.15, -0.1) is 0 Å². The number of nitrogens with two attached hydrogens (primary N) is 1. The zero-order valence-electron chi connectivity index (χ0n) is 11.0. The number of carbonyl (C=O) groups excluding carboxylic acids is 1. The number of aromatic nitrogens is 1. The Hall–Kier alpha value is -2.36. The third-order valence-corrected chi connectivity index (χ3v) is 2.80. The van der Waals surface area contributed by atoms with Crippen LogP contribution in [0.1, 0.15) is 27.3 Å². The van der Waals surface area contributed by atoms with E-state index in [2.05, 4.69) is 4.98 Å². The molecule has 2 aromatic rings. The lowest BCUT2D eigenvalue weighted by atomic mass is 10.1. The number of nitrogens with zero attached hydrogens (tertiary/aromatic N) is 1.